The second kappa shape index (κ2) is 7.68. The predicted octanol–water partition coefficient (Wildman–Crippen LogP) is 0.633. The number of ether oxygens (including phenoxy) is 1. The minimum Gasteiger partial charge on any atom is -0.488 e. The van der Waals surface area contributed by atoms with Crippen LogP contribution in [0.15, 0.2) is 29.3 Å². The van der Waals surface area contributed by atoms with Gasteiger partial charge in [-0.15, -0.1) is 0 Å². The van der Waals surface area contributed by atoms with Crippen molar-refractivity contribution in [3.8, 4) is 5.75 Å². The van der Waals surface area contributed by atoms with Crippen LogP contribution in [0.3, 0.4) is 0 Å². The molecule has 0 bridgehead atoms. The van der Waals surface area contributed by atoms with Crippen molar-refractivity contribution in [2.45, 2.75) is 19.4 Å². The van der Waals surface area contributed by atoms with Crippen molar-refractivity contribution in [3.05, 3.63) is 29.8 Å². The van der Waals surface area contributed by atoms with E-state index < -0.39 is 0 Å². The first kappa shape index (κ1) is 16.1. The Morgan fingerprint density at radius 3 is 2.82 bits per heavy atom. The molecule has 0 saturated heterocycles. The van der Waals surface area contributed by atoms with Gasteiger partial charge in [0, 0.05) is 27.1 Å². The largest absolute Gasteiger partial charge is 0.488 e. The number of nitrogens with one attached hydrogen (secondary N) is 2. The Morgan fingerprint density at radius 2 is 2.14 bits per heavy atom. The number of nitrogens with zero attached hydrogens (tertiary/aromatic N) is 2. The zero-order valence-corrected chi connectivity index (χ0v) is 13.4. The number of hydrogen-bond acceptors (Lipinski definition) is 3. The van der Waals surface area contributed by atoms with Crippen molar-refractivity contribution in [2.75, 3.05) is 33.7 Å². The van der Waals surface area contributed by atoms with Crippen LogP contribution in [0, 0.1) is 0 Å². The number of benzene rings is 1. The predicted molar refractivity (Wildman–Crippen MR) is 87.2 cm³/mol. The van der Waals surface area contributed by atoms with Gasteiger partial charge in [0.05, 0.1) is 6.54 Å². The van der Waals surface area contributed by atoms with E-state index in [-0.39, 0.29) is 18.6 Å². The summed E-state index contributed by atoms with van der Waals surface area (Å²) in [6.07, 6.45) is 0.977. The summed E-state index contributed by atoms with van der Waals surface area (Å²) >= 11 is 0. The maximum atomic E-state index is 11.6. The minimum absolute atomic E-state index is 0.0262. The smallest absolute Gasteiger partial charge is 0.243 e. The summed E-state index contributed by atoms with van der Waals surface area (Å²) in [5.41, 5.74) is 1.24. The second-order valence-electron chi connectivity index (χ2n) is 5.42. The van der Waals surface area contributed by atoms with Gasteiger partial charge in [-0.3, -0.25) is 4.79 Å². The fourth-order valence-electron chi connectivity index (χ4n) is 2.21. The van der Waals surface area contributed by atoms with Crippen LogP contribution in [0.2, 0.25) is 0 Å². The van der Waals surface area contributed by atoms with Gasteiger partial charge in [0.2, 0.25) is 5.91 Å². The highest BCUT2D eigenvalue weighted by Gasteiger charge is 2.22. The Bertz CT molecular complexity index is 518. The molecule has 2 N–H and O–H groups in total. The molecule has 0 spiro atoms. The average Bonchev–Trinajstić information content (AvgIpc) is 2.92. The van der Waals surface area contributed by atoms with Gasteiger partial charge in [0.15, 0.2) is 5.96 Å². The van der Waals surface area contributed by atoms with Crippen LogP contribution in [-0.4, -0.2) is 56.6 Å². The van der Waals surface area contributed by atoms with Gasteiger partial charge in [0.25, 0.3) is 0 Å². The molecule has 1 heterocycles. The third-order valence-electron chi connectivity index (χ3n) is 3.43. The van der Waals surface area contributed by atoms with Crippen molar-refractivity contribution in [1.29, 1.82) is 0 Å². The molecule has 0 aromatic heterocycles. The van der Waals surface area contributed by atoms with Gasteiger partial charge in [-0.25, -0.2) is 4.99 Å². The molecule has 0 fully saturated rings. The van der Waals surface area contributed by atoms with Crippen molar-refractivity contribution < 1.29 is 9.53 Å². The molecule has 120 valence electrons. The maximum Gasteiger partial charge on any atom is 0.243 e. The Labute approximate surface area is 131 Å². The molecule has 1 amide bonds. The number of aliphatic imine (C=N–C) groups is 1. The van der Waals surface area contributed by atoms with Crippen molar-refractivity contribution in [3.63, 3.8) is 0 Å². The van der Waals surface area contributed by atoms with Crippen LogP contribution in [0.1, 0.15) is 12.5 Å². The minimum atomic E-state index is -0.0262. The summed E-state index contributed by atoms with van der Waals surface area (Å²) in [7, 11) is 3.45. The highest BCUT2D eigenvalue weighted by molar-refractivity contribution is 5.84. The van der Waals surface area contributed by atoms with Crippen LogP contribution in [-0.2, 0) is 11.2 Å². The number of guanidine groups is 1. The molecule has 0 aliphatic carbocycles. The van der Waals surface area contributed by atoms with Gasteiger partial charge in [-0.05, 0) is 18.6 Å². The fourth-order valence-corrected chi connectivity index (χ4v) is 2.21. The summed E-state index contributed by atoms with van der Waals surface area (Å²) in [6, 6.07) is 8.08. The summed E-state index contributed by atoms with van der Waals surface area (Å²) in [5, 5.41) is 6.37. The van der Waals surface area contributed by atoms with Crippen molar-refractivity contribution >= 4 is 11.9 Å². The van der Waals surface area contributed by atoms with E-state index in [0.29, 0.717) is 12.5 Å². The standard InChI is InChI=1S/C16H24N4O2/c1-4-17-16(19-11-15(21)20(2)3)18-10-13-9-12-7-5-6-8-14(12)22-13/h5-8,13H,4,9-11H2,1-3H3,(H2,17,18,19). The Kier molecular flexibility index (Phi) is 5.63. The van der Waals surface area contributed by atoms with Crippen LogP contribution >= 0.6 is 0 Å². The SMILES string of the molecule is CCNC(=NCC(=O)N(C)C)NCC1Cc2ccccc2O1. The Hall–Kier alpha value is -2.24. The quantitative estimate of drug-likeness (QED) is 0.619. The number of rotatable bonds is 5. The molecule has 1 aliphatic heterocycles. The molecule has 1 aliphatic rings. The Balaban J connectivity index is 1.85. The topological polar surface area (TPSA) is 66.0 Å². The monoisotopic (exact) mass is 304 g/mol. The van der Waals surface area contributed by atoms with Crippen molar-refractivity contribution in [2.24, 2.45) is 4.99 Å². The lowest BCUT2D eigenvalue weighted by Crippen LogP contribution is -2.42. The molecule has 1 unspecified atom stereocenters. The normalized spacial score (nSPS) is 16.7. The van der Waals surface area contributed by atoms with Crippen LogP contribution in [0.25, 0.3) is 0 Å². The van der Waals surface area contributed by atoms with Crippen LogP contribution < -0.4 is 15.4 Å². The second-order valence-corrected chi connectivity index (χ2v) is 5.42. The molecule has 0 radical (unpaired) electrons. The molecule has 22 heavy (non-hydrogen) atoms. The van der Waals surface area contributed by atoms with Gasteiger partial charge in [-0.2, -0.15) is 0 Å². The third-order valence-corrected chi connectivity index (χ3v) is 3.43. The van der Waals surface area contributed by atoms with E-state index in [4.69, 9.17) is 4.74 Å². The number of amides is 1. The zero-order chi connectivity index (χ0) is 15.9. The highest BCUT2D eigenvalue weighted by Crippen LogP contribution is 2.27. The molecule has 0 saturated carbocycles. The summed E-state index contributed by atoms with van der Waals surface area (Å²) < 4.78 is 5.88. The molecular weight excluding hydrogens is 280 g/mol. The van der Waals surface area contributed by atoms with Crippen LogP contribution in [0.5, 0.6) is 5.75 Å². The van der Waals surface area contributed by atoms with Crippen LogP contribution in [0.4, 0.5) is 0 Å². The average molecular weight is 304 g/mol. The lowest BCUT2D eigenvalue weighted by Gasteiger charge is -2.16. The van der Waals surface area contributed by atoms with E-state index in [2.05, 4.69) is 21.7 Å². The summed E-state index contributed by atoms with van der Waals surface area (Å²) in [4.78, 5) is 17.4. The van der Waals surface area contributed by atoms with Gasteiger partial charge in [-0.1, -0.05) is 18.2 Å². The number of fused-ring (bicyclic) bond motifs is 1. The lowest BCUT2D eigenvalue weighted by molar-refractivity contribution is -0.127. The summed E-state index contributed by atoms with van der Waals surface area (Å²) in [5.74, 6) is 1.57. The van der Waals surface area contributed by atoms with Gasteiger partial charge >= 0.3 is 0 Å². The third kappa shape index (κ3) is 4.38. The molecule has 1 aromatic carbocycles. The number of carbonyl (C=O) groups is 1. The molecule has 6 heteroatoms. The first-order chi connectivity index (χ1) is 10.6. The van der Waals surface area contributed by atoms with E-state index in [1.165, 1.54) is 10.5 Å². The molecular formula is C16H24N4O2. The zero-order valence-electron chi connectivity index (χ0n) is 13.4. The number of para-hydroxylation sites is 1. The first-order valence-electron chi connectivity index (χ1n) is 7.57. The molecule has 6 nitrogen and oxygen atoms in total. The highest BCUT2D eigenvalue weighted by atomic mass is 16.5. The number of carbonyl (C=O) groups excluding carboxylic acids is 1. The summed E-state index contributed by atoms with van der Waals surface area (Å²) in [6.45, 7) is 3.52. The first-order valence-corrected chi connectivity index (χ1v) is 7.57. The van der Waals surface area contributed by atoms with Crippen molar-refractivity contribution in [1.82, 2.24) is 15.5 Å². The van der Waals surface area contributed by atoms with E-state index in [9.17, 15) is 4.79 Å². The molecule has 2 rings (SSSR count). The Morgan fingerprint density at radius 1 is 1.36 bits per heavy atom. The van der Waals surface area contributed by atoms with Gasteiger partial charge in [0.1, 0.15) is 18.4 Å². The van der Waals surface area contributed by atoms with E-state index >= 15 is 0 Å². The lowest BCUT2D eigenvalue weighted by atomic mass is 10.1. The molecule has 1 atom stereocenters. The van der Waals surface area contributed by atoms with E-state index in [0.717, 1.165) is 18.7 Å². The molecule has 1 aromatic rings. The van der Waals surface area contributed by atoms with Gasteiger partial charge < -0.3 is 20.3 Å². The fraction of sp³-hybridized carbons (Fsp3) is 0.500. The number of likely N-dealkylation sites (N-methyl/N-ethyl adjacent to an activating group) is 1. The maximum absolute atomic E-state index is 11.6. The van der Waals surface area contributed by atoms with E-state index in [1.807, 2.05) is 25.1 Å². The number of hydrogen-bond donors (Lipinski definition) is 2. The van der Waals surface area contributed by atoms with E-state index in [1.54, 1.807) is 14.1 Å².